The smallest absolute Gasteiger partial charge is 0.261 e. The number of hydrogen-bond donors (Lipinski definition) is 2. The average Bonchev–Trinajstić information content (AvgIpc) is 3.32. The van der Waals surface area contributed by atoms with Gasteiger partial charge >= 0.3 is 0 Å². The van der Waals surface area contributed by atoms with Crippen molar-refractivity contribution in [2.24, 2.45) is 0 Å². The lowest BCUT2D eigenvalue weighted by Crippen LogP contribution is -2.40. The Labute approximate surface area is 255 Å². The molecule has 2 aromatic heterocycles. The van der Waals surface area contributed by atoms with E-state index in [0.717, 1.165) is 17.5 Å². The van der Waals surface area contributed by atoms with E-state index in [0.29, 0.717) is 47.6 Å². The Morgan fingerprint density at radius 1 is 0.750 bits per heavy atom. The zero-order chi connectivity index (χ0) is 30.3. The molecule has 10 nitrogen and oxygen atoms in total. The molecular weight excluding hydrogens is 552 g/mol. The van der Waals surface area contributed by atoms with Crippen LogP contribution in [0.15, 0.2) is 109 Å². The molecule has 6 rings (SSSR count). The Morgan fingerprint density at radius 2 is 1.36 bits per heavy atom. The summed E-state index contributed by atoms with van der Waals surface area (Å²) >= 11 is 0. The van der Waals surface area contributed by atoms with Gasteiger partial charge in [0, 0.05) is 50.7 Å². The topological polar surface area (TPSA) is 116 Å². The summed E-state index contributed by atoms with van der Waals surface area (Å²) in [6, 6.07) is 30.6. The molecule has 3 heterocycles. The molecule has 0 fully saturated rings. The maximum atomic E-state index is 12.7. The molecule has 2 amide bonds. The van der Waals surface area contributed by atoms with Gasteiger partial charge in [-0.2, -0.15) is 4.98 Å². The number of carbonyl (C=O) groups excluding carboxylic acids is 2. The zero-order valence-corrected chi connectivity index (χ0v) is 24.3. The lowest BCUT2D eigenvalue weighted by Gasteiger charge is -2.22. The van der Waals surface area contributed by atoms with Gasteiger partial charge in [0.05, 0.1) is 11.1 Å². The summed E-state index contributed by atoms with van der Waals surface area (Å²) in [5.41, 5.74) is 3.02. The highest BCUT2D eigenvalue weighted by molar-refractivity contribution is 6.21. The van der Waals surface area contributed by atoms with E-state index in [9.17, 15) is 9.59 Å². The van der Waals surface area contributed by atoms with E-state index in [1.165, 1.54) is 4.90 Å². The Morgan fingerprint density at radius 3 is 2.07 bits per heavy atom. The number of rotatable bonds is 12. The lowest BCUT2D eigenvalue weighted by molar-refractivity contribution is 0.0655. The van der Waals surface area contributed by atoms with E-state index in [-0.39, 0.29) is 24.4 Å². The third-order valence-corrected chi connectivity index (χ3v) is 7.44. The van der Waals surface area contributed by atoms with E-state index < -0.39 is 0 Å². The molecule has 1 atom stereocenters. The molecule has 2 N–H and O–H groups in total. The molecule has 1 unspecified atom stereocenters. The number of fused-ring (bicyclic) bond motifs is 1. The Hall–Kier alpha value is -5.48. The predicted octanol–water partition coefficient (Wildman–Crippen LogP) is 4.61. The fourth-order valence-electron chi connectivity index (χ4n) is 5.15. The van der Waals surface area contributed by atoms with Crippen molar-refractivity contribution in [3.8, 4) is 11.4 Å². The standard InChI is InChI=1S/C34H32N8O2/c1-41(29-16-18-36-31(39-29)25-12-6-3-7-13-25)30-17-19-37-34(40-30)38-26(22-24-10-4-2-5-11-24)23-35-20-21-42-32(43)27-14-8-9-15-28(27)33(42)44/h2-19,26,35H,20-23H2,1H3,(H,37,38,40). The second-order valence-corrected chi connectivity index (χ2v) is 10.4. The molecule has 0 aliphatic carbocycles. The zero-order valence-electron chi connectivity index (χ0n) is 24.3. The molecular formula is C34H32N8O2. The summed E-state index contributed by atoms with van der Waals surface area (Å²) in [5.74, 6) is 2.00. The summed E-state index contributed by atoms with van der Waals surface area (Å²) in [7, 11) is 1.91. The Bertz CT molecular complexity index is 1710. The summed E-state index contributed by atoms with van der Waals surface area (Å²) in [4.78, 5) is 47.1. The van der Waals surface area contributed by atoms with Crippen molar-refractivity contribution in [2.45, 2.75) is 12.5 Å². The van der Waals surface area contributed by atoms with Crippen molar-refractivity contribution in [3.63, 3.8) is 0 Å². The number of aromatic nitrogens is 4. The largest absolute Gasteiger partial charge is 0.350 e. The molecule has 0 bridgehead atoms. The molecule has 5 aromatic rings. The Balaban J connectivity index is 1.12. The molecule has 0 saturated carbocycles. The van der Waals surface area contributed by atoms with Gasteiger partial charge in [-0.15, -0.1) is 0 Å². The van der Waals surface area contributed by atoms with Gasteiger partial charge in [0.1, 0.15) is 11.6 Å². The number of amides is 2. The lowest BCUT2D eigenvalue weighted by atomic mass is 10.1. The van der Waals surface area contributed by atoms with E-state index in [4.69, 9.17) is 9.97 Å². The molecule has 44 heavy (non-hydrogen) atoms. The van der Waals surface area contributed by atoms with E-state index in [1.54, 1.807) is 36.7 Å². The van der Waals surface area contributed by atoms with Crippen LogP contribution < -0.4 is 15.5 Å². The van der Waals surface area contributed by atoms with Crippen LogP contribution in [0.25, 0.3) is 11.4 Å². The monoisotopic (exact) mass is 584 g/mol. The minimum absolute atomic E-state index is 0.0659. The van der Waals surface area contributed by atoms with Crippen LogP contribution >= 0.6 is 0 Å². The molecule has 0 radical (unpaired) electrons. The summed E-state index contributed by atoms with van der Waals surface area (Å²) in [6.45, 7) is 1.30. The maximum absolute atomic E-state index is 12.7. The van der Waals surface area contributed by atoms with E-state index in [1.807, 2.05) is 72.6 Å². The van der Waals surface area contributed by atoms with Crippen molar-refractivity contribution < 1.29 is 9.59 Å². The van der Waals surface area contributed by atoms with Crippen molar-refractivity contribution in [1.29, 1.82) is 0 Å². The second kappa shape index (κ2) is 13.2. The molecule has 0 spiro atoms. The van der Waals surface area contributed by atoms with Crippen molar-refractivity contribution >= 4 is 29.4 Å². The number of hydrogen-bond acceptors (Lipinski definition) is 9. The molecule has 10 heteroatoms. The normalized spacial score (nSPS) is 13.1. The fraction of sp³-hybridized carbons (Fsp3) is 0.176. The van der Waals surface area contributed by atoms with Gasteiger partial charge in [-0.05, 0) is 36.2 Å². The average molecular weight is 585 g/mol. The minimum atomic E-state index is -0.250. The van der Waals surface area contributed by atoms with Crippen molar-refractivity contribution in [1.82, 2.24) is 30.2 Å². The number of carbonyl (C=O) groups is 2. The number of anilines is 3. The van der Waals surface area contributed by atoms with Gasteiger partial charge < -0.3 is 15.5 Å². The van der Waals surface area contributed by atoms with Crippen LogP contribution in [0.5, 0.6) is 0 Å². The highest BCUT2D eigenvalue weighted by atomic mass is 16.2. The molecule has 220 valence electrons. The van der Waals surface area contributed by atoms with Crippen LogP contribution in [0.2, 0.25) is 0 Å². The Kier molecular flexibility index (Phi) is 8.60. The first kappa shape index (κ1) is 28.6. The number of nitrogens with one attached hydrogen (secondary N) is 2. The quantitative estimate of drug-likeness (QED) is 0.160. The molecule has 1 aliphatic heterocycles. The fourth-order valence-corrected chi connectivity index (χ4v) is 5.15. The number of benzene rings is 3. The van der Waals surface area contributed by atoms with Crippen LogP contribution in [0.3, 0.4) is 0 Å². The SMILES string of the molecule is CN(c1ccnc(NC(CNCCN2C(=O)c3ccccc3C2=O)Cc2ccccc2)n1)c1ccnc(-c2ccccc2)n1. The van der Waals surface area contributed by atoms with Gasteiger partial charge in [-0.25, -0.2) is 15.0 Å². The summed E-state index contributed by atoms with van der Waals surface area (Å²) < 4.78 is 0. The highest BCUT2D eigenvalue weighted by Gasteiger charge is 2.34. The second-order valence-electron chi connectivity index (χ2n) is 10.4. The van der Waals surface area contributed by atoms with Crippen LogP contribution in [0.4, 0.5) is 17.6 Å². The van der Waals surface area contributed by atoms with Gasteiger partial charge in [0.15, 0.2) is 5.82 Å². The highest BCUT2D eigenvalue weighted by Crippen LogP contribution is 2.24. The van der Waals surface area contributed by atoms with Gasteiger partial charge in [0.2, 0.25) is 5.95 Å². The van der Waals surface area contributed by atoms with Crippen molar-refractivity contribution in [2.75, 3.05) is 36.9 Å². The predicted molar refractivity (Wildman–Crippen MR) is 170 cm³/mol. The maximum Gasteiger partial charge on any atom is 0.261 e. The first-order valence-electron chi connectivity index (χ1n) is 14.5. The van der Waals surface area contributed by atoms with Crippen LogP contribution in [0, 0.1) is 0 Å². The van der Waals surface area contributed by atoms with Crippen LogP contribution in [-0.2, 0) is 6.42 Å². The first-order valence-corrected chi connectivity index (χ1v) is 14.5. The third-order valence-electron chi connectivity index (χ3n) is 7.44. The van der Waals surface area contributed by atoms with E-state index in [2.05, 4.69) is 32.7 Å². The van der Waals surface area contributed by atoms with Crippen LogP contribution in [0.1, 0.15) is 26.3 Å². The van der Waals surface area contributed by atoms with Crippen molar-refractivity contribution in [3.05, 3.63) is 126 Å². The number of nitrogens with zero attached hydrogens (tertiary/aromatic N) is 6. The summed E-state index contributed by atoms with van der Waals surface area (Å²) in [5, 5.41) is 6.89. The molecule has 3 aromatic carbocycles. The molecule has 1 aliphatic rings. The number of imide groups is 1. The van der Waals surface area contributed by atoms with E-state index >= 15 is 0 Å². The molecule has 0 saturated heterocycles. The first-order chi connectivity index (χ1) is 21.6. The third kappa shape index (κ3) is 6.45. The van der Waals surface area contributed by atoms with Gasteiger partial charge in [0.25, 0.3) is 11.8 Å². The van der Waals surface area contributed by atoms with Crippen LogP contribution in [-0.4, -0.2) is 69.4 Å². The van der Waals surface area contributed by atoms with Gasteiger partial charge in [-0.3, -0.25) is 14.5 Å². The summed E-state index contributed by atoms with van der Waals surface area (Å²) in [6.07, 6.45) is 4.18. The van der Waals surface area contributed by atoms with Gasteiger partial charge in [-0.1, -0.05) is 72.8 Å². The minimum Gasteiger partial charge on any atom is -0.350 e.